The van der Waals surface area contributed by atoms with Crippen molar-refractivity contribution in [1.29, 1.82) is 0 Å². The van der Waals surface area contributed by atoms with Gasteiger partial charge in [0.2, 0.25) is 21.1 Å². The van der Waals surface area contributed by atoms with Crippen molar-refractivity contribution in [2.75, 3.05) is 36.9 Å². The van der Waals surface area contributed by atoms with Gasteiger partial charge in [-0.3, -0.25) is 9.32 Å². The second kappa shape index (κ2) is 8.48. The number of nitrogens with two attached hydrogens (primary N) is 1. The first-order chi connectivity index (χ1) is 14.9. The maximum Gasteiger partial charge on any atom is 0.373 e. The van der Waals surface area contributed by atoms with Crippen molar-refractivity contribution in [2.24, 2.45) is 0 Å². The quantitative estimate of drug-likeness (QED) is 0.446. The summed E-state index contributed by atoms with van der Waals surface area (Å²) in [6.07, 6.45) is 0.161. The van der Waals surface area contributed by atoms with Crippen LogP contribution in [0.25, 0.3) is 0 Å². The van der Waals surface area contributed by atoms with Crippen molar-refractivity contribution < 1.29 is 22.5 Å². The van der Waals surface area contributed by atoms with Crippen molar-refractivity contribution in [2.45, 2.75) is 18.2 Å². The van der Waals surface area contributed by atoms with Crippen molar-refractivity contribution >= 4 is 21.7 Å². The van der Waals surface area contributed by atoms with Crippen LogP contribution in [0.1, 0.15) is 21.6 Å². The second-order valence-corrected chi connectivity index (χ2v) is 9.37. The first kappa shape index (κ1) is 21.0. The minimum atomic E-state index is -3.58. The van der Waals surface area contributed by atoms with Crippen LogP contribution in [0.2, 0.25) is 0 Å². The zero-order chi connectivity index (χ0) is 22.0. The van der Waals surface area contributed by atoms with Crippen LogP contribution in [0, 0.1) is 6.92 Å². The van der Waals surface area contributed by atoms with Crippen LogP contribution < -0.4 is 15.5 Å². The topological polar surface area (TPSA) is 114 Å². The van der Waals surface area contributed by atoms with Gasteiger partial charge in [0, 0.05) is 19.5 Å². The van der Waals surface area contributed by atoms with Crippen LogP contribution in [0.15, 0.2) is 64.0 Å². The van der Waals surface area contributed by atoms with Crippen LogP contribution in [-0.4, -0.2) is 50.0 Å². The number of aryl methyl sites for hydroxylation is 1. The summed E-state index contributed by atoms with van der Waals surface area (Å²) < 4.78 is 32.3. The van der Waals surface area contributed by atoms with Crippen LogP contribution in [0.4, 0.5) is 5.88 Å². The standard InChI is InChI=1S/C21H23N5O4S/c1-16-7-9-18(10-8-16)31(28,29)25-13-11-24(12-14-25)26-20(21(22)30-23-26)19(27)15-17-5-3-2-4-6-17/h2-10H,11-15H2,1H3,(H-,22,23,27)/p+1. The summed E-state index contributed by atoms with van der Waals surface area (Å²) in [5, 5.41) is 5.67. The lowest BCUT2D eigenvalue weighted by Gasteiger charge is -2.29. The van der Waals surface area contributed by atoms with Gasteiger partial charge < -0.3 is 5.73 Å². The smallest absolute Gasteiger partial charge is 0.361 e. The molecule has 1 aromatic heterocycles. The molecule has 1 saturated heterocycles. The summed E-state index contributed by atoms with van der Waals surface area (Å²) in [7, 11) is -3.58. The normalized spacial score (nSPS) is 15.2. The number of ketones is 1. The van der Waals surface area contributed by atoms with Crippen LogP contribution in [0.5, 0.6) is 0 Å². The maximum atomic E-state index is 12.9. The highest BCUT2D eigenvalue weighted by Gasteiger charge is 2.38. The Balaban J connectivity index is 1.48. The number of nitrogens with zero attached hydrogens (tertiary/aromatic N) is 4. The molecule has 0 atom stereocenters. The third kappa shape index (κ3) is 4.30. The number of anilines is 1. The maximum absolute atomic E-state index is 12.9. The Bertz CT molecular complexity index is 1170. The SMILES string of the molecule is Cc1ccc(S(=O)(=O)N2CCN([n+]3noc(N)c3C(=O)Cc3ccccc3)CC2)cc1. The van der Waals surface area contributed by atoms with E-state index in [1.165, 1.54) is 9.10 Å². The van der Waals surface area contributed by atoms with E-state index in [0.29, 0.717) is 13.1 Å². The summed E-state index contributed by atoms with van der Waals surface area (Å²) in [5.41, 5.74) is 7.90. The zero-order valence-electron chi connectivity index (χ0n) is 17.1. The fraction of sp³-hybridized carbons (Fsp3) is 0.286. The van der Waals surface area contributed by atoms with Gasteiger partial charge in [-0.2, -0.15) is 4.31 Å². The molecule has 2 N–H and O–H groups in total. The van der Waals surface area contributed by atoms with Gasteiger partial charge in [-0.05, 0) is 24.6 Å². The van der Waals surface area contributed by atoms with Gasteiger partial charge >= 0.3 is 11.6 Å². The number of benzene rings is 2. The zero-order valence-corrected chi connectivity index (χ0v) is 18.0. The van der Waals surface area contributed by atoms with Gasteiger partial charge in [-0.25, -0.2) is 8.42 Å². The minimum absolute atomic E-state index is 0.0596. The first-order valence-corrected chi connectivity index (χ1v) is 11.4. The number of carbonyl (C=O) groups excluding carboxylic acids is 1. The van der Waals surface area contributed by atoms with Crippen LogP contribution in [-0.2, 0) is 16.4 Å². The van der Waals surface area contributed by atoms with E-state index in [-0.39, 0.29) is 41.8 Å². The summed E-state index contributed by atoms with van der Waals surface area (Å²) >= 11 is 0. The molecule has 0 aliphatic carbocycles. The molecular weight excluding hydrogens is 418 g/mol. The molecule has 0 radical (unpaired) electrons. The molecule has 4 rings (SSSR count). The fourth-order valence-corrected chi connectivity index (χ4v) is 4.96. The monoisotopic (exact) mass is 442 g/mol. The number of nitrogen functional groups attached to an aromatic ring is 1. The average molecular weight is 443 g/mol. The Morgan fingerprint density at radius 1 is 1.06 bits per heavy atom. The minimum Gasteiger partial charge on any atom is -0.361 e. The number of Topliss-reactive ketones (excluding diaryl/α,β-unsaturated/α-hetero) is 1. The molecule has 10 heteroatoms. The van der Waals surface area contributed by atoms with Gasteiger partial charge in [0.15, 0.2) is 0 Å². The molecule has 0 spiro atoms. The molecule has 1 aliphatic heterocycles. The van der Waals surface area contributed by atoms with Gasteiger partial charge in [-0.15, -0.1) is 5.01 Å². The van der Waals surface area contributed by atoms with Gasteiger partial charge in [0.25, 0.3) is 0 Å². The van der Waals surface area contributed by atoms with E-state index in [4.69, 9.17) is 10.3 Å². The van der Waals surface area contributed by atoms with E-state index in [1.807, 2.05) is 37.3 Å². The van der Waals surface area contributed by atoms with Crippen LogP contribution >= 0.6 is 0 Å². The molecule has 31 heavy (non-hydrogen) atoms. The summed E-state index contributed by atoms with van der Waals surface area (Å²) in [5.74, 6) is -0.282. The fourth-order valence-electron chi connectivity index (χ4n) is 3.54. The Kier molecular flexibility index (Phi) is 5.75. The largest absolute Gasteiger partial charge is 0.373 e. The molecule has 9 nitrogen and oxygen atoms in total. The van der Waals surface area contributed by atoms with E-state index in [2.05, 4.69) is 5.27 Å². The molecular formula is C21H24N5O4S+. The van der Waals surface area contributed by atoms with E-state index in [9.17, 15) is 13.2 Å². The van der Waals surface area contributed by atoms with Gasteiger partial charge in [-0.1, -0.05) is 48.0 Å². The first-order valence-electron chi connectivity index (χ1n) is 9.93. The molecule has 1 aliphatic rings. The Morgan fingerprint density at radius 3 is 2.35 bits per heavy atom. The molecule has 162 valence electrons. The highest BCUT2D eigenvalue weighted by Crippen LogP contribution is 2.18. The van der Waals surface area contributed by atoms with E-state index in [0.717, 1.165) is 11.1 Å². The molecule has 1 fully saturated rings. The van der Waals surface area contributed by atoms with Gasteiger partial charge in [0.05, 0.1) is 22.8 Å². The van der Waals surface area contributed by atoms with E-state index < -0.39 is 10.0 Å². The second-order valence-electron chi connectivity index (χ2n) is 7.43. The third-order valence-electron chi connectivity index (χ3n) is 5.26. The predicted molar refractivity (Wildman–Crippen MR) is 113 cm³/mol. The highest BCUT2D eigenvalue weighted by atomic mass is 32.2. The summed E-state index contributed by atoms with van der Waals surface area (Å²) in [4.78, 5) is 14.5. The van der Waals surface area contributed by atoms with Crippen molar-refractivity contribution in [3.8, 4) is 0 Å². The number of hydrogen-bond donors (Lipinski definition) is 1. The van der Waals surface area contributed by atoms with Crippen molar-refractivity contribution in [3.63, 3.8) is 0 Å². The molecule has 0 bridgehead atoms. The molecule has 2 aromatic carbocycles. The lowest BCUT2D eigenvalue weighted by Crippen LogP contribution is -2.68. The Labute approximate surface area is 180 Å². The number of piperazine rings is 1. The molecule has 2 heterocycles. The van der Waals surface area contributed by atoms with Crippen molar-refractivity contribution in [3.05, 3.63) is 71.4 Å². The third-order valence-corrected chi connectivity index (χ3v) is 7.18. The lowest BCUT2D eigenvalue weighted by molar-refractivity contribution is -0.760. The molecule has 0 amide bonds. The molecule has 3 aromatic rings. The van der Waals surface area contributed by atoms with Crippen LogP contribution in [0.3, 0.4) is 0 Å². The Hall–Kier alpha value is -3.24. The summed E-state index contributed by atoms with van der Waals surface area (Å²) in [6.45, 7) is 3.10. The number of sulfonamides is 1. The van der Waals surface area contributed by atoms with Gasteiger partial charge in [0.1, 0.15) is 0 Å². The predicted octanol–water partition coefficient (Wildman–Crippen LogP) is 0.921. The Morgan fingerprint density at radius 2 is 1.71 bits per heavy atom. The van der Waals surface area contributed by atoms with Crippen molar-refractivity contribution in [1.82, 2.24) is 9.58 Å². The number of rotatable bonds is 6. The highest BCUT2D eigenvalue weighted by molar-refractivity contribution is 7.89. The molecule has 0 unspecified atom stereocenters. The number of aromatic nitrogens is 2. The number of hydrogen-bond acceptors (Lipinski definition) is 7. The van der Waals surface area contributed by atoms with E-state index in [1.54, 1.807) is 29.3 Å². The van der Waals surface area contributed by atoms with E-state index >= 15 is 0 Å². The molecule has 0 saturated carbocycles. The average Bonchev–Trinajstić information content (AvgIpc) is 3.16. The lowest BCUT2D eigenvalue weighted by atomic mass is 10.1. The summed E-state index contributed by atoms with van der Waals surface area (Å²) in [6, 6.07) is 16.1. The number of carbonyl (C=O) groups is 1.